The SMILES string of the molecule is O=C(N/N=C\c1ccc2ccccc2c1)c1cccc(S(=O)(=O)N2CCCC2)c1. The van der Waals surface area contributed by atoms with Gasteiger partial charge in [-0.15, -0.1) is 0 Å². The van der Waals surface area contributed by atoms with Crippen molar-refractivity contribution in [2.45, 2.75) is 17.7 Å². The van der Waals surface area contributed by atoms with Gasteiger partial charge >= 0.3 is 0 Å². The fourth-order valence-corrected chi connectivity index (χ4v) is 4.96. The highest BCUT2D eigenvalue weighted by Gasteiger charge is 2.27. The van der Waals surface area contributed by atoms with Crippen molar-refractivity contribution in [3.63, 3.8) is 0 Å². The molecule has 0 atom stereocenters. The monoisotopic (exact) mass is 407 g/mol. The lowest BCUT2D eigenvalue weighted by molar-refractivity contribution is 0.0955. The molecule has 6 nitrogen and oxygen atoms in total. The minimum atomic E-state index is -3.56. The Labute approximate surface area is 169 Å². The van der Waals surface area contributed by atoms with Crippen LogP contribution in [0.25, 0.3) is 10.8 Å². The van der Waals surface area contributed by atoms with E-state index in [1.165, 1.54) is 16.4 Å². The standard InChI is InChI=1S/C22H21N3O3S/c26-22(24-23-16-17-10-11-18-6-1-2-7-19(18)14-17)20-8-5-9-21(15-20)29(27,28)25-12-3-4-13-25/h1-2,5-11,14-16H,3-4,12-13H2,(H,24,26)/b23-16-. The van der Waals surface area contributed by atoms with Crippen molar-refractivity contribution in [2.24, 2.45) is 5.10 Å². The van der Waals surface area contributed by atoms with E-state index < -0.39 is 15.9 Å². The Morgan fingerprint density at radius 2 is 1.69 bits per heavy atom. The van der Waals surface area contributed by atoms with Gasteiger partial charge in [-0.25, -0.2) is 13.8 Å². The van der Waals surface area contributed by atoms with Crippen LogP contribution in [0.3, 0.4) is 0 Å². The van der Waals surface area contributed by atoms with E-state index in [-0.39, 0.29) is 10.5 Å². The van der Waals surface area contributed by atoms with E-state index in [1.807, 2.05) is 42.5 Å². The molecule has 0 saturated carbocycles. The molecule has 0 unspecified atom stereocenters. The Bertz CT molecular complexity index is 1180. The Kier molecular flexibility index (Phi) is 5.42. The molecule has 0 aliphatic carbocycles. The Hall–Kier alpha value is -3.03. The first-order valence-electron chi connectivity index (χ1n) is 9.46. The predicted molar refractivity (Wildman–Crippen MR) is 113 cm³/mol. The first-order valence-corrected chi connectivity index (χ1v) is 10.9. The van der Waals surface area contributed by atoms with E-state index >= 15 is 0 Å². The van der Waals surface area contributed by atoms with Crippen molar-refractivity contribution in [1.82, 2.24) is 9.73 Å². The third-order valence-electron chi connectivity index (χ3n) is 4.95. The zero-order valence-corrected chi connectivity index (χ0v) is 16.6. The van der Waals surface area contributed by atoms with Crippen molar-refractivity contribution in [3.05, 3.63) is 77.9 Å². The van der Waals surface area contributed by atoms with Gasteiger partial charge in [-0.2, -0.15) is 9.41 Å². The van der Waals surface area contributed by atoms with Crippen LogP contribution >= 0.6 is 0 Å². The Morgan fingerprint density at radius 3 is 2.48 bits per heavy atom. The molecule has 1 fully saturated rings. The van der Waals surface area contributed by atoms with E-state index in [0.717, 1.165) is 29.2 Å². The van der Waals surface area contributed by atoms with Gasteiger partial charge in [-0.05, 0) is 53.4 Å². The molecule has 1 N–H and O–H groups in total. The zero-order valence-electron chi connectivity index (χ0n) is 15.8. The summed E-state index contributed by atoms with van der Waals surface area (Å²) in [6.45, 7) is 1.05. The van der Waals surface area contributed by atoms with Crippen molar-refractivity contribution in [2.75, 3.05) is 13.1 Å². The summed E-state index contributed by atoms with van der Waals surface area (Å²) in [5.74, 6) is -0.458. The van der Waals surface area contributed by atoms with Crippen molar-refractivity contribution >= 4 is 32.9 Å². The Morgan fingerprint density at radius 1 is 0.931 bits per heavy atom. The van der Waals surface area contributed by atoms with Gasteiger partial charge in [0.15, 0.2) is 0 Å². The molecule has 1 aliphatic heterocycles. The van der Waals surface area contributed by atoms with Gasteiger partial charge in [0.05, 0.1) is 11.1 Å². The summed E-state index contributed by atoms with van der Waals surface area (Å²) in [6, 6.07) is 19.9. The topological polar surface area (TPSA) is 78.8 Å². The third kappa shape index (κ3) is 4.21. The fourth-order valence-electron chi connectivity index (χ4n) is 3.39. The number of hydrogen-bond donors (Lipinski definition) is 1. The first kappa shape index (κ1) is 19.3. The quantitative estimate of drug-likeness (QED) is 0.520. The highest BCUT2D eigenvalue weighted by atomic mass is 32.2. The fraction of sp³-hybridized carbons (Fsp3) is 0.182. The van der Waals surface area contributed by atoms with E-state index in [9.17, 15) is 13.2 Å². The van der Waals surface area contributed by atoms with Gasteiger partial charge in [0.1, 0.15) is 0 Å². The predicted octanol–water partition coefficient (Wildman–Crippen LogP) is 3.39. The van der Waals surface area contributed by atoms with E-state index in [2.05, 4.69) is 10.5 Å². The van der Waals surface area contributed by atoms with Crippen LogP contribution in [-0.2, 0) is 10.0 Å². The summed E-state index contributed by atoms with van der Waals surface area (Å²) < 4.78 is 26.8. The second-order valence-corrected chi connectivity index (χ2v) is 8.88. The van der Waals surface area contributed by atoms with Gasteiger partial charge < -0.3 is 0 Å². The largest absolute Gasteiger partial charge is 0.271 e. The lowest BCUT2D eigenvalue weighted by Gasteiger charge is -2.15. The molecule has 1 amide bonds. The maximum absolute atomic E-state index is 12.7. The summed E-state index contributed by atoms with van der Waals surface area (Å²) in [4.78, 5) is 12.5. The molecule has 7 heteroatoms. The number of amides is 1. The number of rotatable bonds is 5. The lowest BCUT2D eigenvalue weighted by Crippen LogP contribution is -2.28. The number of fused-ring (bicyclic) bond motifs is 1. The second kappa shape index (κ2) is 8.14. The molecule has 0 spiro atoms. The van der Waals surface area contributed by atoms with Crippen molar-refractivity contribution < 1.29 is 13.2 Å². The average molecular weight is 407 g/mol. The van der Waals surface area contributed by atoms with Gasteiger partial charge in [0.2, 0.25) is 10.0 Å². The van der Waals surface area contributed by atoms with Crippen LogP contribution < -0.4 is 5.43 Å². The van der Waals surface area contributed by atoms with Crippen LogP contribution in [0.2, 0.25) is 0 Å². The number of benzene rings is 3. The number of carbonyl (C=O) groups excluding carboxylic acids is 1. The molecule has 0 aromatic heterocycles. The number of hydrogen-bond acceptors (Lipinski definition) is 4. The molecule has 1 heterocycles. The second-order valence-electron chi connectivity index (χ2n) is 6.94. The summed E-state index contributed by atoms with van der Waals surface area (Å²) in [5.41, 5.74) is 3.57. The molecule has 1 saturated heterocycles. The highest BCUT2D eigenvalue weighted by molar-refractivity contribution is 7.89. The molecule has 148 valence electrons. The van der Waals surface area contributed by atoms with Crippen LogP contribution in [0.5, 0.6) is 0 Å². The maximum Gasteiger partial charge on any atom is 0.271 e. The molecular weight excluding hydrogens is 386 g/mol. The summed E-state index contributed by atoms with van der Waals surface area (Å²) in [5, 5.41) is 6.22. The number of carbonyl (C=O) groups is 1. The van der Waals surface area contributed by atoms with Gasteiger partial charge in [-0.3, -0.25) is 4.79 Å². The number of nitrogens with one attached hydrogen (secondary N) is 1. The van der Waals surface area contributed by atoms with E-state index in [4.69, 9.17) is 0 Å². The number of hydrazone groups is 1. The lowest BCUT2D eigenvalue weighted by atomic mass is 10.1. The third-order valence-corrected chi connectivity index (χ3v) is 6.85. The highest BCUT2D eigenvalue weighted by Crippen LogP contribution is 2.21. The van der Waals surface area contributed by atoms with Crippen LogP contribution in [0.15, 0.2) is 76.7 Å². The average Bonchev–Trinajstić information content (AvgIpc) is 3.29. The van der Waals surface area contributed by atoms with Crippen LogP contribution in [0.4, 0.5) is 0 Å². The molecule has 3 aromatic rings. The van der Waals surface area contributed by atoms with Gasteiger partial charge in [-0.1, -0.05) is 42.5 Å². The molecule has 1 aliphatic rings. The first-order chi connectivity index (χ1) is 14.0. The van der Waals surface area contributed by atoms with Crippen LogP contribution in [-0.4, -0.2) is 37.9 Å². The van der Waals surface area contributed by atoms with Gasteiger partial charge in [0.25, 0.3) is 5.91 Å². The zero-order chi connectivity index (χ0) is 20.3. The normalized spacial score (nSPS) is 15.2. The molecular formula is C22H21N3O3S. The van der Waals surface area contributed by atoms with Crippen LogP contribution in [0.1, 0.15) is 28.8 Å². The Balaban J connectivity index is 1.47. The molecule has 0 bridgehead atoms. The summed E-state index contributed by atoms with van der Waals surface area (Å²) >= 11 is 0. The van der Waals surface area contributed by atoms with Crippen molar-refractivity contribution in [1.29, 1.82) is 0 Å². The van der Waals surface area contributed by atoms with Crippen LogP contribution in [0, 0.1) is 0 Å². The number of nitrogens with zero attached hydrogens (tertiary/aromatic N) is 2. The minimum absolute atomic E-state index is 0.130. The molecule has 0 radical (unpaired) electrons. The van der Waals surface area contributed by atoms with Crippen molar-refractivity contribution in [3.8, 4) is 0 Å². The molecule has 3 aromatic carbocycles. The van der Waals surface area contributed by atoms with E-state index in [1.54, 1.807) is 18.3 Å². The van der Waals surface area contributed by atoms with Gasteiger partial charge in [0, 0.05) is 18.7 Å². The minimum Gasteiger partial charge on any atom is -0.267 e. The summed E-state index contributed by atoms with van der Waals surface area (Å²) in [6.07, 6.45) is 3.29. The maximum atomic E-state index is 12.7. The smallest absolute Gasteiger partial charge is 0.267 e. The van der Waals surface area contributed by atoms with E-state index in [0.29, 0.717) is 13.1 Å². The number of sulfonamides is 1. The molecule has 4 rings (SSSR count). The molecule has 29 heavy (non-hydrogen) atoms. The summed E-state index contributed by atoms with van der Waals surface area (Å²) in [7, 11) is -3.56.